The molecule has 1 aromatic carbocycles. The van der Waals surface area contributed by atoms with Crippen molar-refractivity contribution in [2.75, 3.05) is 13.1 Å². The lowest BCUT2D eigenvalue weighted by Crippen LogP contribution is -2.40. The van der Waals surface area contributed by atoms with Crippen molar-refractivity contribution >= 4 is 16.9 Å². The van der Waals surface area contributed by atoms with E-state index in [-0.39, 0.29) is 29.0 Å². The van der Waals surface area contributed by atoms with Crippen LogP contribution in [0, 0.1) is 0 Å². The molecule has 0 spiro atoms. The van der Waals surface area contributed by atoms with Gasteiger partial charge in [0.05, 0.1) is 28.6 Å². The number of halogens is 3. The quantitative estimate of drug-likeness (QED) is 0.367. The van der Waals surface area contributed by atoms with Gasteiger partial charge in [-0.05, 0) is 55.3 Å². The van der Waals surface area contributed by atoms with Gasteiger partial charge in [0.2, 0.25) is 0 Å². The van der Waals surface area contributed by atoms with Crippen molar-refractivity contribution in [2.24, 2.45) is 0 Å². The first-order valence-corrected chi connectivity index (χ1v) is 12.3. The third-order valence-electron chi connectivity index (χ3n) is 6.93. The fraction of sp³-hybridized carbons (Fsp3) is 0.222. The normalized spacial score (nSPS) is 14.7. The summed E-state index contributed by atoms with van der Waals surface area (Å²) in [7, 11) is 0. The number of nitrogens with zero attached hydrogens (tertiary/aromatic N) is 6. The third kappa shape index (κ3) is 4.58. The number of benzene rings is 1. The lowest BCUT2D eigenvalue weighted by atomic mass is 10.0. The van der Waals surface area contributed by atoms with Crippen LogP contribution >= 0.6 is 0 Å². The Morgan fingerprint density at radius 2 is 1.74 bits per heavy atom. The first-order chi connectivity index (χ1) is 18.8. The Balaban J connectivity index is 1.27. The fourth-order valence-corrected chi connectivity index (χ4v) is 5.02. The van der Waals surface area contributed by atoms with Crippen molar-refractivity contribution in [3.8, 4) is 16.9 Å². The minimum Gasteiger partial charge on any atom is -0.337 e. The molecular weight excluding hydrogens is 511 g/mol. The molecule has 1 saturated heterocycles. The largest absolute Gasteiger partial charge is 0.433 e. The summed E-state index contributed by atoms with van der Waals surface area (Å²) in [5.41, 5.74) is 2.06. The standard InChI is InChI=1S/C27H22F3N7O2/c28-27(29,30)24-6-5-19(16-32-24)37-23(17-7-11-31-12-8-17)15-21(34-37)25(38)35-13-9-18(10-14-35)36-22-4-2-1-3-20(22)33-26(36)39/h1-8,11-12,15-16,18H,9-10,13-14H2,(H,33,39). The van der Waals surface area contributed by atoms with Crippen LogP contribution in [0.25, 0.3) is 28.0 Å². The molecule has 1 amide bonds. The number of carbonyl (C=O) groups excluding carboxylic acids is 1. The molecule has 0 bridgehead atoms. The van der Waals surface area contributed by atoms with Gasteiger partial charge in [-0.3, -0.25) is 14.3 Å². The summed E-state index contributed by atoms with van der Waals surface area (Å²) >= 11 is 0. The number of carbonyl (C=O) groups is 1. The summed E-state index contributed by atoms with van der Waals surface area (Å²) < 4.78 is 42.3. The molecule has 198 valence electrons. The maximum atomic E-state index is 13.5. The zero-order valence-corrected chi connectivity index (χ0v) is 20.5. The highest BCUT2D eigenvalue weighted by Crippen LogP contribution is 2.30. The Morgan fingerprint density at radius 1 is 1.00 bits per heavy atom. The van der Waals surface area contributed by atoms with Crippen LogP contribution in [0.15, 0.2) is 78.0 Å². The molecule has 0 atom stereocenters. The maximum absolute atomic E-state index is 13.5. The number of amides is 1. The van der Waals surface area contributed by atoms with E-state index in [0.29, 0.717) is 37.2 Å². The minimum absolute atomic E-state index is 0.0548. The Labute approximate surface area is 219 Å². The van der Waals surface area contributed by atoms with Crippen LogP contribution in [-0.4, -0.2) is 53.2 Å². The van der Waals surface area contributed by atoms with E-state index >= 15 is 0 Å². The molecule has 39 heavy (non-hydrogen) atoms. The van der Waals surface area contributed by atoms with Gasteiger partial charge in [0, 0.05) is 37.1 Å². The van der Waals surface area contributed by atoms with Gasteiger partial charge in [-0.15, -0.1) is 0 Å². The van der Waals surface area contributed by atoms with Crippen LogP contribution in [0.4, 0.5) is 13.2 Å². The van der Waals surface area contributed by atoms with E-state index in [1.807, 2.05) is 24.3 Å². The second kappa shape index (κ2) is 9.53. The molecule has 1 fully saturated rings. The van der Waals surface area contributed by atoms with Gasteiger partial charge in [0.1, 0.15) is 5.69 Å². The number of alkyl halides is 3. The second-order valence-corrected chi connectivity index (χ2v) is 9.30. The molecular formula is C27H22F3N7O2. The van der Waals surface area contributed by atoms with Crippen LogP contribution in [0.1, 0.15) is 35.1 Å². The number of rotatable bonds is 4. The maximum Gasteiger partial charge on any atom is 0.433 e. The van der Waals surface area contributed by atoms with Crippen molar-refractivity contribution in [1.82, 2.24) is 34.2 Å². The van der Waals surface area contributed by atoms with Crippen LogP contribution < -0.4 is 5.69 Å². The topological polar surface area (TPSA) is 102 Å². The predicted octanol–water partition coefficient (Wildman–Crippen LogP) is 4.47. The van der Waals surface area contributed by atoms with E-state index in [0.717, 1.165) is 23.3 Å². The van der Waals surface area contributed by atoms with E-state index in [9.17, 15) is 22.8 Å². The van der Waals surface area contributed by atoms with Gasteiger partial charge in [0.25, 0.3) is 5.91 Å². The summed E-state index contributed by atoms with van der Waals surface area (Å²) in [6.45, 7) is 0.851. The Bertz CT molecular complexity index is 1700. The molecule has 0 unspecified atom stereocenters. The number of fused-ring (bicyclic) bond motifs is 1. The first-order valence-electron chi connectivity index (χ1n) is 12.3. The average Bonchev–Trinajstić information content (AvgIpc) is 3.54. The Morgan fingerprint density at radius 3 is 2.44 bits per heavy atom. The SMILES string of the molecule is O=C(c1cc(-c2ccncc2)n(-c2ccc(C(F)(F)F)nc2)n1)N1CCC(n2c(=O)[nH]c3ccccc32)CC1. The highest BCUT2D eigenvalue weighted by atomic mass is 19.4. The third-order valence-corrected chi connectivity index (χ3v) is 6.93. The van der Waals surface area contributed by atoms with Crippen molar-refractivity contribution in [2.45, 2.75) is 25.1 Å². The Hall–Kier alpha value is -4.74. The number of aromatic nitrogens is 6. The van der Waals surface area contributed by atoms with E-state index in [1.165, 1.54) is 10.7 Å². The molecule has 5 heterocycles. The van der Waals surface area contributed by atoms with Crippen LogP contribution in [0.2, 0.25) is 0 Å². The number of piperidine rings is 1. The number of imidazole rings is 1. The molecule has 1 N–H and O–H groups in total. The number of H-pyrrole nitrogens is 1. The van der Waals surface area contributed by atoms with E-state index < -0.39 is 11.9 Å². The highest BCUT2D eigenvalue weighted by Gasteiger charge is 2.32. The van der Waals surface area contributed by atoms with Gasteiger partial charge >= 0.3 is 11.9 Å². The zero-order chi connectivity index (χ0) is 27.1. The second-order valence-electron chi connectivity index (χ2n) is 9.30. The van der Waals surface area contributed by atoms with Gasteiger partial charge in [-0.1, -0.05) is 12.1 Å². The lowest BCUT2D eigenvalue weighted by molar-refractivity contribution is -0.141. The number of hydrogen-bond donors (Lipinski definition) is 1. The summed E-state index contributed by atoms with van der Waals surface area (Å²) in [6, 6.07) is 14.7. The van der Waals surface area contributed by atoms with Crippen LogP contribution in [0.5, 0.6) is 0 Å². The molecule has 0 radical (unpaired) electrons. The van der Waals surface area contributed by atoms with E-state index in [2.05, 4.69) is 20.1 Å². The molecule has 4 aromatic heterocycles. The van der Waals surface area contributed by atoms with Crippen molar-refractivity contribution < 1.29 is 18.0 Å². The molecule has 1 aliphatic rings. The summed E-state index contributed by atoms with van der Waals surface area (Å²) in [6.07, 6.45) is 0.858. The number of hydrogen-bond acceptors (Lipinski definition) is 5. The lowest BCUT2D eigenvalue weighted by Gasteiger charge is -2.32. The van der Waals surface area contributed by atoms with Gasteiger partial charge in [-0.25, -0.2) is 14.5 Å². The predicted molar refractivity (Wildman–Crippen MR) is 136 cm³/mol. The zero-order valence-electron chi connectivity index (χ0n) is 20.5. The minimum atomic E-state index is -4.57. The number of nitrogens with one attached hydrogen (secondary N) is 1. The van der Waals surface area contributed by atoms with Gasteiger partial charge < -0.3 is 9.88 Å². The summed E-state index contributed by atoms with van der Waals surface area (Å²) in [4.78, 5) is 38.2. The van der Waals surface area contributed by atoms with Crippen molar-refractivity contribution in [1.29, 1.82) is 0 Å². The van der Waals surface area contributed by atoms with E-state index in [1.54, 1.807) is 40.1 Å². The first kappa shape index (κ1) is 24.6. The average molecular weight is 534 g/mol. The molecule has 12 heteroatoms. The van der Waals surface area contributed by atoms with Gasteiger partial charge in [-0.2, -0.15) is 18.3 Å². The van der Waals surface area contributed by atoms with Crippen LogP contribution in [-0.2, 0) is 6.18 Å². The van der Waals surface area contributed by atoms with E-state index in [4.69, 9.17) is 0 Å². The van der Waals surface area contributed by atoms with Crippen molar-refractivity contribution in [3.63, 3.8) is 0 Å². The van der Waals surface area contributed by atoms with Crippen LogP contribution in [0.3, 0.4) is 0 Å². The Kier molecular flexibility index (Phi) is 6.01. The fourth-order valence-electron chi connectivity index (χ4n) is 5.02. The molecule has 6 rings (SSSR count). The van der Waals surface area contributed by atoms with Gasteiger partial charge in [0.15, 0.2) is 5.69 Å². The van der Waals surface area contributed by atoms with Crippen molar-refractivity contribution in [3.05, 3.63) is 95.1 Å². The number of pyridine rings is 2. The monoisotopic (exact) mass is 533 g/mol. The summed E-state index contributed by atoms with van der Waals surface area (Å²) in [5, 5.41) is 4.47. The molecule has 5 aromatic rings. The highest BCUT2D eigenvalue weighted by molar-refractivity contribution is 5.93. The molecule has 9 nitrogen and oxygen atoms in total. The number of para-hydroxylation sites is 2. The molecule has 0 saturated carbocycles. The number of aromatic amines is 1. The number of likely N-dealkylation sites (tertiary alicyclic amines) is 1. The smallest absolute Gasteiger partial charge is 0.337 e. The molecule has 0 aliphatic carbocycles. The molecule has 1 aliphatic heterocycles. The summed E-state index contributed by atoms with van der Waals surface area (Å²) in [5.74, 6) is -0.298.